The minimum atomic E-state index is -3.75. The SMILES string of the molecule is Cc1ccc(NS(=O)(=O)c2ccc(NC(=O)c3cc(Cl)c(Cl)[nH]3)cc2)cc1C. The van der Waals surface area contributed by atoms with Gasteiger partial charge in [-0.25, -0.2) is 8.42 Å². The normalized spacial score (nSPS) is 11.3. The van der Waals surface area contributed by atoms with Gasteiger partial charge in [-0.15, -0.1) is 0 Å². The number of nitrogens with one attached hydrogen (secondary N) is 3. The van der Waals surface area contributed by atoms with Crippen LogP contribution in [0.5, 0.6) is 0 Å². The molecular formula is C19H17Cl2N3O3S. The third-order valence-corrected chi connectivity index (χ3v) is 6.24. The number of amides is 1. The number of benzene rings is 2. The summed E-state index contributed by atoms with van der Waals surface area (Å²) < 4.78 is 27.7. The van der Waals surface area contributed by atoms with Crippen molar-refractivity contribution in [2.75, 3.05) is 10.0 Å². The number of halogens is 2. The maximum atomic E-state index is 12.6. The van der Waals surface area contributed by atoms with Crippen LogP contribution in [0.2, 0.25) is 10.2 Å². The Balaban J connectivity index is 1.73. The molecule has 0 saturated carbocycles. The predicted octanol–water partition coefficient (Wildman–Crippen LogP) is 4.99. The van der Waals surface area contributed by atoms with E-state index in [1.165, 1.54) is 30.3 Å². The number of carbonyl (C=O) groups is 1. The van der Waals surface area contributed by atoms with Crippen molar-refractivity contribution in [3.05, 3.63) is 75.5 Å². The molecule has 1 heterocycles. The molecule has 0 aliphatic heterocycles. The van der Waals surface area contributed by atoms with Crippen LogP contribution < -0.4 is 10.0 Å². The number of hydrogen-bond donors (Lipinski definition) is 3. The lowest BCUT2D eigenvalue weighted by Crippen LogP contribution is -2.14. The summed E-state index contributed by atoms with van der Waals surface area (Å²) in [6.07, 6.45) is 0. The van der Waals surface area contributed by atoms with Crippen molar-refractivity contribution in [3.8, 4) is 0 Å². The van der Waals surface area contributed by atoms with Crippen LogP contribution in [0.15, 0.2) is 53.4 Å². The van der Waals surface area contributed by atoms with Gasteiger partial charge in [-0.05, 0) is 67.4 Å². The second-order valence-electron chi connectivity index (χ2n) is 6.23. The number of H-pyrrole nitrogens is 1. The lowest BCUT2D eigenvalue weighted by atomic mass is 10.1. The molecule has 0 unspecified atom stereocenters. The first-order valence-corrected chi connectivity index (χ1v) is 10.4. The Morgan fingerprint density at radius 2 is 1.57 bits per heavy atom. The Kier molecular flexibility index (Phi) is 5.69. The summed E-state index contributed by atoms with van der Waals surface area (Å²) in [4.78, 5) is 14.9. The molecule has 0 saturated heterocycles. The Bertz CT molecular complexity index is 1120. The third-order valence-electron chi connectivity index (χ3n) is 4.15. The molecule has 0 atom stereocenters. The van der Waals surface area contributed by atoms with E-state index in [1.807, 2.05) is 19.9 Å². The van der Waals surface area contributed by atoms with Gasteiger partial charge >= 0.3 is 0 Å². The first-order valence-electron chi connectivity index (χ1n) is 8.21. The van der Waals surface area contributed by atoms with Crippen molar-refractivity contribution < 1.29 is 13.2 Å². The summed E-state index contributed by atoms with van der Waals surface area (Å²) in [6.45, 7) is 3.87. The maximum absolute atomic E-state index is 12.6. The van der Waals surface area contributed by atoms with Crippen LogP contribution in [0.25, 0.3) is 0 Å². The van der Waals surface area contributed by atoms with E-state index in [1.54, 1.807) is 12.1 Å². The minimum Gasteiger partial charge on any atom is -0.340 e. The standard InChI is InChI=1S/C19H17Cl2N3O3S/c1-11-3-4-14(9-12(11)2)24-28(26,27)15-7-5-13(6-8-15)22-19(25)17-10-16(20)18(21)23-17/h3-10,23-24H,1-2H3,(H,22,25). The lowest BCUT2D eigenvalue weighted by molar-refractivity contribution is 0.102. The molecule has 1 amide bonds. The summed E-state index contributed by atoms with van der Waals surface area (Å²) >= 11 is 11.6. The number of carbonyl (C=O) groups excluding carboxylic acids is 1. The van der Waals surface area contributed by atoms with Crippen molar-refractivity contribution in [2.45, 2.75) is 18.7 Å². The number of aryl methyl sites for hydroxylation is 2. The van der Waals surface area contributed by atoms with Crippen molar-refractivity contribution in [2.24, 2.45) is 0 Å². The Morgan fingerprint density at radius 1 is 0.929 bits per heavy atom. The Hall–Kier alpha value is -2.48. The topological polar surface area (TPSA) is 91.1 Å². The quantitative estimate of drug-likeness (QED) is 0.524. The third kappa shape index (κ3) is 4.49. The molecule has 0 spiro atoms. The largest absolute Gasteiger partial charge is 0.340 e. The van der Waals surface area contributed by atoms with E-state index in [-0.39, 0.29) is 20.8 Å². The number of aromatic nitrogens is 1. The molecule has 0 radical (unpaired) electrons. The van der Waals surface area contributed by atoms with Crippen LogP contribution in [-0.4, -0.2) is 19.3 Å². The number of anilines is 2. The van der Waals surface area contributed by atoms with Crippen LogP contribution in [0, 0.1) is 13.8 Å². The van der Waals surface area contributed by atoms with Crippen LogP contribution in [0.1, 0.15) is 21.6 Å². The van der Waals surface area contributed by atoms with Gasteiger partial charge in [0.05, 0.1) is 9.92 Å². The Labute approximate surface area is 172 Å². The van der Waals surface area contributed by atoms with Crippen LogP contribution >= 0.6 is 23.2 Å². The predicted molar refractivity (Wildman–Crippen MR) is 112 cm³/mol. The molecule has 146 valence electrons. The number of hydrogen-bond acceptors (Lipinski definition) is 3. The molecule has 6 nitrogen and oxygen atoms in total. The van der Waals surface area contributed by atoms with Crippen LogP contribution in [0.4, 0.5) is 11.4 Å². The highest BCUT2D eigenvalue weighted by molar-refractivity contribution is 7.92. The highest BCUT2D eigenvalue weighted by atomic mass is 35.5. The maximum Gasteiger partial charge on any atom is 0.272 e. The molecule has 3 aromatic rings. The van der Waals surface area contributed by atoms with Gasteiger partial charge in [0, 0.05) is 11.4 Å². The van der Waals surface area contributed by atoms with Crippen LogP contribution in [0.3, 0.4) is 0 Å². The molecule has 0 aliphatic carbocycles. The molecule has 1 aromatic heterocycles. The van der Waals surface area contributed by atoms with Gasteiger partial charge in [-0.1, -0.05) is 29.3 Å². The fourth-order valence-electron chi connectivity index (χ4n) is 2.46. The molecule has 0 bridgehead atoms. The van der Waals surface area contributed by atoms with E-state index in [0.717, 1.165) is 11.1 Å². The molecule has 2 aromatic carbocycles. The number of sulfonamides is 1. The van der Waals surface area contributed by atoms with Crippen molar-refractivity contribution in [3.63, 3.8) is 0 Å². The summed E-state index contributed by atoms with van der Waals surface area (Å²) in [5.74, 6) is -0.447. The van der Waals surface area contributed by atoms with Crippen molar-refractivity contribution in [1.82, 2.24) is 4.98 Å². The average Bonchev–Trinajstić information content (AvgIpc) is 2.97. The lowest BCUT2D eigenvalue weighted by Gasteiger charge is -2.11. The van der Waals surface area contributed by atoms with Crippen LogP contribution in [-0.2, 0) is 10.0 Å². The van der Waals surface area contributed by atoms with Gasteiger partial charge in [-0.3, -0.25) is 9.52 Å². The van der Waals surface area contributed by atoms with E-state index in [2.05, 4.69) is 15.0 Å². The highest BCUT2D eigenvalue weighted by Gasteiger charge is 2.16. The molecule has 0 aliphatic rings. The van der Waals surface area contributed by atoms with E-state index in [0.29, 0.717) is 11.4 Å². The van der Waals surface area contributed by atoms with Gasteiger partial charge in [0.15, 0.2) is 0 Å². The first kappa shape index (κ1) is 20.3. The average molecular weight is 438 g/mol. The summed E-state index contributed by atoms with van der Waals surface area (Å²) in [7, 11) is -3.75. The van der Waals surface area contributed by atoms with E-state index < -0.39 is 15.9 Å². The van der Waals surface area contributed by atoms with Crippen molar-refractivity contribution in [1.29, 1.82) is 0 Å². The monoisotopic (exact) mass is 437 g/mol. The minimum absolute atomic E-state index is 0.0784. The molecular weight excluding hydrogens is 421 g/mol. The van der Waals surface area contributed by atoms with Gasteiger partial charge < -0.3 is 10.3 Å². The number of aromatic amines is 1. The van der Waals surface area contributed by atoms with Crippen molar-refractivity contribution >= 4 is 50.5 Å². The molecule has 28 heavy (non-hydrogen) atoms. The zero-order chi connectivity index (χ0) is 20.5. The van der Waals surface area contributed by atoms with E-state index >= 15 is 0 Å². The second-order valence-corrected chi connectivity index (χ2v) is 8.70. The van der Waals surface area contributed by atoms with Gasteiger partial charge in [0.25, 0.3) is 15.9 Å². The van der Waals surface area contributed by atoms with E-state index in [9.17, 15) is 13.2 Å². The highest BCUT2D eigenvalue weighted by Crippen LogP contribution is 2.23. The van der Waals surface area contributed by atoms with E-state index in [4.69, 9.17) is 23.2 Å². The molecule has 3 rings (SSSR count). The fourth-order valence-corrected chi connectivity index (χ4v) is 3.82. The second kappa shape index (κ2) is 7.87. The molecule has 3 N–H and O–H groups in total. The molecule has 0 fully saturated rings. The zero-order valence-corrected chi connectivity index (χ0v) is 17.3. The molecule has 9 heteroatoms. The summed E-state index contributed by atoms with van der Waals surface area (Å²) in [5.41, 5.74) is 3.18. The van der Waals surface area contributed by atoms with Gasteiger partial charge in [-0.2, -0.15) is 0 Å². The zero-order valence-electron chi connectivity index (χ0n) is 15.0. The summed E-state index contributed by atoms with van der Waals surface area (Å²) in [5, 5.41) is 3.05. The Morgan fingerprint density at radius 3 is 2.14 bits per heavy atom. The van der Waals surface area contributed by atoms with Gasteiger partial charge in [0.1, 0.15) is 10.8 Å². The fraction of sp³-hybridized carbons (Fsp3) is 0.105. The first-order chi connectivity index (χ1) is 13.2. The number of rotatable bonds is 5. The van der Waals surface area contributed by atoms with Gasteiger partial charge in [0.2, 0.25) is 0 Å². The summed E-state index contributed by atoms with van der Waals surface area (Å²) in [6, 6.07) is 12.6. The smallest absolute Gasteiger partial charge is 0.272 e.